The Morgan fingerprint density at radius 1 is 1.39 bits per heavy atom. The second-order valence-electron chi connectivity index (χ2n) is 4.86. The number of rotatable bonds is 4. The first-order valence-electron chi connectivity index (χ1n) is 5.88. The van der Waals surface area contributed by atoms with Gasteiger partial charge in [-0.15, -0.1) is 11.8 Å². The monoisotopic (exact) mass is 270 g/mol. The summed E-state index contributed by atoms with van der Waals surface area (Å²) in [5.74, 6) is 0.710. The summed E-state index contributed by atoms with van der Waals surface area (Å²) in [4.78, 5) is 6.85. The molecule has 0 aliphatic carbocycles. The highest BCUT2D eigenvalue weighted by Gasteiger charge is 2.29. The van der Waals surface area contributed by atoms with Crippen molar-refractivity contribution in [3.8, 4) is 0 Å². The summed E-state index contributed by atoms with van der Waals surface area (Å²) in [6.07, 6.45) is 1.37. The van der Waals surface area contributed by atoms with Crippen LogP contribution in [0.15, 0.2) is 5.16 Å². The van der Waals surface area contributed by atoms with Crippen LogP contribution in [0, 0.1) is 0 Å². The van der Waals surface area contributed by atoms with Gasteiger partial charge < -0.3 is 9.94 Å². The number of aryl methyl sites for hydroxylation is 1. The maximum absolute atomic E-state index is 8.97. The molecular formula is C11H18N4O2S. The summed E-state index contributed by atoms with van der Waals surface area (Å²) < 4.78 is 0. The van der Waals surface area contributed by atoms with Crippen LogP contribution in [-0.4, -0.2) is 37.4 Å². The first-order valence-corrected chi connectivity index (χ1v) is 6.86. The second-order valence-corrected chi connectivity index (χ2v) is 5.91. The molecule has 1 aliphatic rings. The average molecular weight is 270 g/mol. The summed E-state index contributed by atoms with van der Waals surface area (Å²) in [5, 5.41) is 22.6. The number of hydrogen-bond donors (Lipinski definition) is 1. The summed E-state index contributed by atoms with van der Waals surface area (Å²) in [6, 6.07) is 0. The van der Waals surface area contributed by atoms with Crippen LogP contribution in [-0.2, 0) is 24.1 Å². The van der Waals surface area contributed by atoms with Crippen molar-refractivity contribution >= 4 is 16.8 Å². The van der Waals surface area contributed by atoms with E-state index in [1.807, 2.05) is 13.8 Å². The molecule has 2 rings (SSSR count). The zero-order chi connectivity index (χ0) is 13.2. The molecule has 0 saturated heterocycles. The Kier molecular flexibility index (Phi) is 3.91. The molecule has 1 aromatic heterocycles. The van der Waals surface area contributed by atoms with Crippen LogP contribution in [0.1, 0.15) is 31.7 Å². The Morgan fingerprint density at radius 2 is 2.11 bits per heavy atom. The number of aliphatic hydroxyl groups excluding tert-OH is 1. The van der Waals surface area contributed by atoms with Crippen molar-refractivity contribution in [2.24, 2.45) is 12.2 Å². The number of nitrogens with zero attached hydrogens (tertiary/aromatic N) is 4. The van der Waals surface area contributed by atoms with Gasteiger partial charge in [0.05, 0.1) is 11.4 Å². The second kappa shape index (κ2) is 5.27. The topological polar surface area (TPSA) is 72.5 Å². The van der Waals surface area contributed by atoms with E-state index < -0.39 is 0 Å². The standard InChI is InChI=1S/C11H18N4O2S/c1-11(2)6-10(14-17-11)18-7-9-8(4-5-16)12-15(3)13-9/h16H,4-7H2,1-3H3. The van der Waals surface area contributed by atoms with E-state index in [0.29, 0.717) is 12.2 Å². The minimum atomic E-state index is -0.196. The van der Waals surface area contributed by atoms with Gasteiger partial charge in [0.15, 0.2) is 0 Å². The molecule has 100 valence electrons. The number of aromatic nitrogens is 3. The Hall–Kier alpha value is -1.08. The van der Waals surface area contributed by atoms with E-state index in [1.165, 1.54) is 4.80 Å². The molecule has 18 heavy (non-hydrogen) atoms. The van der Waals surface area contributed by atoms with Crippen LogP contribution in [0.2, 0.25) is 0 Å². The molecule has 0 bridgehead atoms. The van der Waals surface area contributed by atoms with Crippen molar-refractivity contribution in [1.82, 2.24) is 15.0 Å². The molecule has 0 radical (unpaired) electrons. The van der Waals surface area contributed by atoms with E-state index in [-0.39, 0.29) is 12.2 Å². The van der Waals surface area contributed by atoms with E-state index in [9.17, 15) is 0 Å². The van der Waals surface area contributed by atoms with Gasteiger partial charge in [0.1, 0.15) is 10.6 Å². The minimum absolute atomic E-state index is 0.0907. The zero-order valence-electron chi connectivity index (χ0n) is 10.9. The molecule has 2 heterocycles. The molecule has 6 nitrogen and oxygen atoms in total. The highest BCUT2D eigenvalue weighted by molar-refractivity contribution is 8.13. The van der Waals surface area contributed by atoms with Crippen LogP contribution in [0.5, 0.6) is 0 Å². The van der Waals surface area contributed by atoms with E-state index in [1.54, 1.807) is 18.8 Å². The first kappa shape index (κ1) is 13.4. The minimum Gasteiger partial charge on any atom is -0.396 e. The highest BCUT2D eigenvalue weighted by atomic mass is 32.2. The van der Waals surface area contributed by atoms with Gasteiger partial charge >= 0.3 is 0 Å². The van der Waals surface area contributed by atoms with Crippen molar-refractivity contribution in [2.45, 2.75) is 38.0 Å². The number of aliphatic hydroxyl groups is 1. The van der Waals surface area contributed by atoms with Crippen LogP contribution in [0.3, 0.4) is 0 Å². The van der Waals surface area contributed by atoms with E-state index in [2.05, 4.69) is 15.4 Å². The molecule has 1 aliphatic heterocycles. The Balaban J connectivity index is 1.94. The third kappa shape index (κ3) is 3.23. The summed E-state index contributed by atoms with van der Waals surface area (Å²) >= 11 is 1.62. The highest BCUT2D eigenvalue weighted by Crippen LogP contribution is 2.29. The fraction of sp³-hybridized carbons (Fsp3) is 0.727. The van der Waals surface area contributed by atoms with E-state index >= 15 is 0 Å². The van der Waals surface area contributed by atoms with Crippen LogP contribution >= 0.6 is 11.8 Å². The molecule has 0 amide bonds. The van der Waals surface area contributed by atoms with Crippen LogP contribution in [0.25, 0.3) is 0 Å². The van der Waals surface area contributed by atoms with Crippen molar-refractivity contribution in [2.75, 3.05) is 6.61 Å². The number of oxime groups is 1. The van der Waals surface area contributed by atoms with E-state index in [0.717, 1.165) is 22.9 Å². The van der Waals surface area contributed by atoms with Gasteiger partial charge in [0.2, 0.25) is 0 Å². The lowest BCUT2D eigenvalue weighted by Gasteiger charge is -2.12. The summed E-state index contributed by atoms with van der Waals surface area (Å²) in [5.41, 5.74) is 1.56. The molecular weight excluding hydrogens is 252 g/mol. The van der Waals surface area contributed by atoms with Crippen LogP contribution < -0.4 is 0 Å². The fourth-order valence-electron chi connectivity index (χ4n) is 1.73. The summed E-state index contributed by atoms with van der Waals surface area (Å²) in [6.45, 7) is 4.13. The lowest BCUT2D eigenvalue weighted by atomic mass is 10.1. The molecule has 0 atom stereocenters. The molecule has 1 N–H and O–H groups in total. The SMILES string of the molecule is Cn1nc(CCO)c(CSC2=NOC(C)(C)C2)n1. The number of thioether (sulfide) groups is 1. The Morgan fingerprint density at radius 3 is 2.72 bits per heavy atom. The summed E-state index contributed by atoms with van der Waals surface area (Å²) in [7, 11) is 1.79. The Bertz CT molecular complexity index is 456. The maximum atomic E-state index is 8.97. The normalized spacial score (nSPS) is 17.7. The molecule has 1 aromatic rings. The van der Waals surface area contributed by atoms with Gasteiger partial charge in [-0.05, 0) is 13.8 Å². The van der Waals surface area contributed by atoms with Gasteiger partial charge in [-0.2, -0.15) is 15.0 Å². The third-order valence-electron chi connectivity index (χ3n) is 2.56. The lowest BCUT2D eigenvalue weighted by molar-refractivity contribution is 0.0123. The molecule has 0 saturated carbocycles. The van der Waals surface area contributed by atoms with Gasteiger partial charge in [-0.25, -0.2) is 0 Å². The first-order chi connectivity index (χ1) is 8.50. The van der Waals surface area contributed by atoms with Crippen molar-refractivity contribution in [3.05, 3.63) is 11.4 Å². The molecule has 0 spiro atoms. The van der Waals surface area contributed by atoms with E-state index in [4.69, 9.17) is 9.94 Å². The molecule has 7 heteroatoms. The quantitative estimate of drug-likeness (QED) is 0.887. The predicted octanol–water partition coefficient (Wildman–Crippen LogP) is 1.10. The van der Waals surface area contributed by atoms with Gasteiger partial charge in [-0.3, -0.25) is 0 Å². The fourth-order valence-corrected chi connectivity index (χ4v) is 2.80. The van der Waals surface area contributed by atoms with Gasteiger partial charge in [0.25, 0.3) is 0 Å². The maximum Gasteiger partial charge on any atom is 0.138 e. The largest absolute Gasteiger partial charge is 0.396 e. The molecule has 0 aromatic carbocycles. The predicted molar refractivity (Wildman–Crippen MR) is 70.3 cm³/mol. The zero-order valence-corrected chi connectivity index (χ0v) is 11.7. The van der Waals surface area contributed by atoms with Crippen molar-refractivity contribution < 1.29 is 9.94 Å². The molecule has 0 unspecified atom stereocenters. The van der Waals surface area contributed by atoms with Gasteiger partial charge in [-0.1, -0.05) is 5.16 Å². The van der Waals surface area contributed by atoms with Gasteiger partial charge in [0, 0.05) is 32.2 Å². The third-order valence-corrected chi connectivity index (χ3v) is 3.53. The number of hydrogen-bond acceptors (Lipinski definition) is 6. The van der Waals surface area contributed by atoms with Crippen LogP contribution in [0.4, 0.5) is 0 Å². The van der Waals surface area contributed by atoms with Crippen molar-refractivity contribution in [3.63, 3.8) is 0 Å². The lowest BCUT2D eigenvalue weighted by Crippen LogP contribution is -2.18. The smallest absolute Gasteiger partial charge is 0.138 e. The van der Waals surface area contributed by atoms with Crippen molar-refractivity contribution in [1.29, 1.82) is 0 Å². The Labute approximate surface area is 110 Å². The molecule has 0 fully saturated rings. The average Bonchev–Trinajstić information content (AvgIpc) is 2.80.